The van der Waals surface area contributed by atoms with Gasteiger partial charge in [-0.15, -0.1) is 0 Å². The molecule has 1 heterocycles. The topological polar surface area (TPSA) is 149 Å². The molecule has 0 radical (unpaired) electrons. The molecule has 51 heavy (non-hydrogen) atoms. The fourth-order valence-corrected chi connectivity index (χ4v) is 6.30. The second kappa shape index (κ2) is 33.0. The highest BCUT2D eigenvalue weighted by atomic mass is 16.7. The molecule has 1 aliphatic heterocycles. The molecular weight excluding hydrogens is 646 g/mol. The lowest BCUT2D eigenvalue weighted by atomic mass is 9.99. The van der Waals surface area contributed by atoms with Crippen LogP contribution in [-0.2, 0) is 14.3 Å². The number of hydrogen-bond donors (Lipinski definition) is 6. The maximum Gasteiger partial charge on any atom is 0.220 e. The molecule has 1 amide bonds. The van der Waals surface area contributed by atoms with Crippen LogP contribution < -0.4 is 5.32 Å². The number of rotatable bonds is 33. The number of carbonyl (C=O) groups excluding carboxylic acids is 1. The zero-order valence-electron chi connectivity index (χ0n) is 32.4. The van der Waals surface area contributed by atoms with E-state index in [-0.39, 0.29) is 12.5 Å². The molecular formula is C42H77NO8. The maximum absolute atomic E-state index is 12.8. The summed E-state index contributed by atoms with van der Waals surface area (Å²) in [4.78, 5) is 12.8. The lowest BCUT2D eigenvalue weighted by Gasteiger charge is -2.40. The first-order valence-electron chi connectivity index (χ1n) is 20.7. The number of hydrogen-bond acceptors (Lipinski definition) is 8. The molecule has 1 rings (SSSR count). The van der Waals surface area contributed by atoms with Gasteiger partial charge in [0.15, 0.2) is 6.29 Å². The molecule has 7 unspecified atom stereocenters. The van der Waals surface area contributed by atoms with Gasteiger partial charge in [0.1, 0.15) is 24.4 Å². The summed E-state index contributed by atoms with van der Waals surface area (Å²) in [7, 11) is 0. The minimum atomic E-state index is -1.57. The summed E-state index contributed by atoms with van der Waals surface area (Å²) in [6, 6.07) is -0.821. The molecule has 7 atom stereocenters. The third-order valence-electron chi connectivity index (χ3n) is 9.70. The molecule has 0 bridgehead atoms. The van der Waals surface area contributed by atoms with Crippen LogP contribution in [0.2, 0.25) is 0 Å². The van der Waals surface area contributed by atoms with Crippen molar-refractivity contribution in [2.24, 2.45) is 0 Å². The monoisotopic (exact) mass is 724 g/mol. The second-order valence-electron chi connectivity index (χ2n) is 14.4. The van der Waals surface area contributed by atoms with E-state index in [0.717, 1.165) is 44.9 Å². The highest BCUT2D eigenvalue weighted by Gasteiger charge is 2.44. The van der Waals surface area contributed by atoms with Gasteiger partial charge >= 0.3 is 0 Å². The summed E-state index contributed by atoms with van der Waals surface area (Å²) in [6.45, 7) is 3.69. The number of aliphatic hydroxyl groups is 5. The van der Waals surface area contributed by atoms with Crippen LogP contribution in [0.1, 0.15) is 168 Å². The van der Waals surface area contributed by atoms with Crippen molar-refractivity contribution in [1.82, 2.24) is 5.32 Å². The van der Waals surface area contributed by atoms with Crippen LogP contribution in [0.25, 0.3) is 0 Å². The van der Waals surface area contributed by atoms with Crippen molar-refractivity contribution in [3.63, 3.8) is 0 Å². The standard InChI is InChI=1S/C42H77NO8/c1-3-5-7-9-11-13-14-15-16-17-18-19-20-21-22-23-24-25-27-29-31-36(45)35(43-38(46)32-30-28-26-12-10-8-6-4-2)34-50-42-41(49)40(48)39(47)37(33-44)51-42/h19-20,23-24,29,31,35-37,39-42,44-45,47-49H,3-18,21-22,25-28,30,32-34H2,1-2H3,(H,43,46)/b20-19+,24-23+,31-29+. The fourth-order valence-electron chi connectivity index (χ4n) is 6.30. The summed E-state index contributed by atoms with van der Waals surface area (Å²) in [6.07, 6.45) is 32.1. The predicted octanol–water partition coefficient (Wildman–Crippen LogP) is 7.72. The van der Waals surface area contributed by atoms with Crippen LogP contribution in [0.3, 0.4) is 0 Å². The minimum Gasteiger partial charge on any atom is -0.394 e. The first kappa shape index (κ1) is 47.4. The van der Waals surface area contributed by atoms with Crippen LogP contribution in [0, 0.1) is 0 Å². The molecule has 9 heteroatoms. The van der Waals surface area contributed by atoms with Crippen molar-refractivity contribution in [3.05, 3.63) is 36.5 Å². The summed E-state index contributed by atoms with van der Waals surface area (Å²) < 4.78 is 11.1. The lowest BCUT2D eigenvalue weighted by molar-refractivity contribution is -0.302. The van der Waals surface area contributed by atoms with Gasteiger partial charge in [-0.2, -0.15) is 0 Å². The number of unbranched alkanes of at least 4 members (excludes halogenated alkanes) is 19. The van der Waals surface area contributed by atoms with Crippen molar-refractivity contribution in [2.75, 3.05) is 13.2 Å². The quantitative estimate of drug-likeness (QED) is 0.0298. The molecule has 0 aromatic carbocycles. The van der Waals surface area contributed by atoms with Gasteiger partial charge < -0.3 is 40.3 Å². The third-order valence-corrected chi connectivity index (χ3v) is 9.70. The average Bonchev–Trinajstić information content (AvgIpc) is 3.13. The Balaban J connectivity index is 2.40. The SMILES string of the molecule is CCCCCCCCCCCC/C=C/CC/C=C/CC/C=C/C(O)C(COC1OC(CO)C(O)C(O)C1O)NC(=O)CCCCCCCCCC. The van der Waals surface area contributed by atoms with Gasteiger partial charge in [-0.25, -0.2) is 0 Å². The molecule has 0 aromatic rings. The molecule has 6 N–H and O–H groups in total. The van der Waals surface area contributed by atoms with E-state index >= 15 is 0 Å². The number of carbonyl (C=O) groups is 1. The smallest absolute Gasteiger partial charge is 0.220 e. The van der Waals surface area contributed by atoms with E-state index in [4.69, 9.17) is 9.47 Å². The molecule has 0 aliphatic carbocycles. The largest absolute Gasteiger partial charge is 0.394 e. The van der Waals surface area contributed by atoms with Gasteiger partial charge in [0, 0.05) is 6.42 Å². The van der Waals surface area contributed by atoms with Crippen LogP contribution in [-0.4, -0.2) is 87.5 Å². The summed E-state index contributed by atoms with van der Waals surface area (Å²) >= 11 is 0. The Labute approximate surface area is 311 Å². The Morgan fingerprint density at radius 1 is 0.647 bits per heavy atom. The molecule has 298 valence electrons. The first-order valence-corrected chi connectivity index (χ1v) is 20.7. The number of aliphatic hydroxyl groups excluding tert-OH is 5. The maximum atomic E-state index is 12.8. The zero-order chi connectivity index (χ0) is 37.4. The Kier molecular flexibility index (Phi) is 30.7. The second-order valence-corrected chi connectivity index (χ2v) is 14.4. The zero-order valence-corrected chi connectivity index (χ0v) is 32.4. The number of allylic oxidation sites excluding steroid dienone is 5. The van der Waals surface area contributed by atoms with E-state index in [9.17, 15) is 30.3 Å². The highest BCUT2D eigenvalue weighted by Crippen LogP contribution is 2.22. The van der Waals surface area contributed by atoms with Gasteiger partial charge in [0.05, 0.1) is 25.4 Å². The fraction of sp³-hybridized carbons (Fsp3) is 0.833. The van der Waals surface area contributed by atoms with Gasteiger partial charge in [0.25, 0.3) is 0 Å². The average molecular weight is 724 g/mol. The minimum absolute atomic E-state index is 0.198. The first-order chi connectivity index (χ1) is 24.8. The predicted molar refractivity (Wildman–Crippen MR) is 207 cm³/mol. The van der Waals surface area contributed by atoms with Gasteiger partial charge in [-0.3, -0.25) is 4.79 Å². The number of nitrogens with one attached hydrogen (secondary N) is 1. The highest BCUT2D eigenvalue weighted by molar-refractivity contribution is 5.76. The third kappa shape index (κ3) is 24.4. The molecule has 1 saturated heterocycles. The van der Waals surface area contributed by atoms with E-state index in [1.54, 1.807) is 6.08 Å². The van der Waals surface area contributed by atoms with Gasteiger partial charge in [0.2, 0.25) is 5.91 Å². The summed E-state index contributed by atoms with van der Waals surface area (Å²) in [5, 5.41) is 53.8. The molecule has 1 aliphatic rings. The van der Waals surface area contributed by atoms with E-state index in [2.05, 4.69) is 43.5 Å². The van der Waals surface area contributed by atoms with Crippen molar-refractivity contribution < 1.29 is 39.8 Å². The number of ether oxygens (including phenoxy) is 2. The van der Waals surface area contributed by atoms with E-state index in [0.29, 0.717) is 6.42 Å². The Morgan fingerprint density at radius 3 is 1.65 bits per heavy atom. The Bertz CT molecular complexity index is 894. The van der Waals surface area contributed by atoms with Crippen molar-refractivity contribution in [1.29, 1.82) is 0 Å². The van der Waals surface area contributed by atoms with Gasteiger partial charge in [-0.05, 0) is 44.9 Å². The Morgan fingerprint density at radius 2 is 1.12 bits per heavy atom. The van der Waals surface area contributed by atoms with Crippen LogP contribution in [0.15, 0.2) is 36.5 Å². The molecule has 0 spiro atoms. The molecule has 0 aromatic heterocycles. The van der Waals surface area contributed by atoms with Crippen LogP contribution >= 0.6 is 0 Å². The van der Waals surface area contributed by atoms with Crippen molar-refractivity contribution in [2.45, 2.75) is 211 Å². The van der Waals surface area contributed by atoms with Crippen LogP contribution in [0.5, 0.6) is 0 Å². The number of amides is 1. The van der Waals surface area contributed by atoms with E-state index in [1.165, 1.54) is 103 Å². The lowest BCUT2D eigenvalue weighted by Crippen LogP contribution is -2.60. The van der Waals surface area contributed by atoms with Gasteiger partial charge in [-0.1, -0.05) is 153 Å². The molecule has 1 fully saturated rings. The summed E-state index contributed by atoms with van der Waals surface area (Å²) in [5.41, 5.74) is 0. The van der Waals surface area contributed by atoms with Crippen molar-refractivity contribution in [3.8, 4) is 0 Å². The van der Waals surface area contributed by atoms with Crippen LogP contribution in [0.4, 0.5) is 0 Å². The normalized spacial score (nSPS) is 22.4. The van der Waals surface area contributed by atoms with E-state index < -0.39 is 49.5 Å². The van der Waals surface area contributed by atoms with E-state index in [1.807, 2.05) is 6.08 Å². The Hall–Kier alpha value is -1.59. The van der Waals surface area contributed by atoms with Crippen molar-refractivity contribution >= 4 is 5.91 Å². The molecule has 0 saturated carbocycles. The summed E-state index contributed by atoms with van der Waals surface area (Å²) in [5.74, 6) is -0.198. The molecule has 9 nitrogen and oxygen atoms in total.